The maximum Gasteiger partial charge on any atom is 0.242 e. The molecule has 0 fully saturated rings. The van der Waals surface area contributed by atoms with Gasteiger partial charge in [0.2, 0.25) is 5.91 Å². The number of carbonyl (C=O) groups excluding carboxylic acids is 1. The van der Waals surface area contributed by atoms with Crippen LogP contribution in [0.4, 0.5) is 5.69 Å². The summed E-state index contributed by atoms with van der Waals surface area (Å²) in [6, 6.07) is 15.9. The quantitative estimate of drug-likeness (QED) is 0.499. The first-order valence-corrected chi connectivity index (χ1v) is 11.3. The normalized spacial score (nSPS) is 12.0. The lowest BCUT2D eigenvalue weighted by atomic mass is 10.1. The molecule has 0 saturated carbocycles. The monoisotopic (exact) mass is 415 g/mol. The van der Waals surface area contributed by atoms with Crippen LogP contribution in [0.5, 0.6) is 0 Å². The van der Waals surface area contributed by atoms with Crippen LogP contribution in [0.1, 0.15) is 28.9 Å². The average Bonchev–Trinajstić information content (AvgIpc) is 3.11. The summed E-state index contributed by atoms with van der Waals surface area (Å²) in [6.07, 6.45) is 0. The SMILES string of the molecule is CCSc1nnc(S[C@H](C(=O)Nc2cc(C)ccc2C)c2ccccc2)s1. The Morgan fingerprint density at radius 1 is 1.11 bits per heavy atom. The lowest BCUT2D eigenvalue weighted by Gasteiger charge is -2.17. The zero-order valence-electron chi connectivity index (χ0n) is 15.4. The fourth-order valence-corrected chi connectivity index (χ4v) is 5.61. The molecule has 3 rings (SSSR count). The molecule has 1 aromatic heterocycles. The van der Waals surface area contributed by atoms with Crippen molar-refractivity contribution in [2.24, 2.45) is 0 Å². The molecule has 7 heteroatoms. The molecule has 4 nitrogen and oxygen atoms in total. The standard InChI is InChI=1S/C20H21N3OS3/c1-4-25-19-22-23-20(27-19)26-17(15-8-6-5-7-9-15)18(24)21-16-12-13(2)10-11-14(16)3/h5-12,17H,4H2,1-3H3,(H,21,24)/t17-/m0/s1. The third kappa shape index (κ3) is 5.34. The number of amides is 1. The van der Waals surface area contributed by atoms with Gasteiger partial charge < -0.3 is 5.32 Å². The Morgan fingerprint density at radius 2 is 1.85 bits per heavy atom. The first kappa shape index (κ1) is 19.9. The number of thioether (sulfide) groups is 2. The van der Waals surface area contributed by atoms with Crippen LogP contribution >= 0.6 is 34.9 Å². The number of hydrogen-bond acceptors (Lipinski definition) is 6. The lowest BCUT2D eigenvalue weighted by Crippen LogP contribution is -2.19. The van der Waals surface area contributed by atoms with Crippen LogP contribution in [0.15, 0.2) is 57.2 Å². The summed E-state index contributed by atoms with van der Waals surface area (Å²) in [5.41, 5.74) is 3.96. The van der Waals surface area contributed by atoms with Crippen LogP contribution in [0.2, 0.25) is 0 Å². The van der Waals surface area contributed by atoms with E-state index in [1.807, 2.05) is 62.4 Å². The molecular weight excluding hydrogens is 394 g/mol. The maximum atomic E-state index is 13.1. The van der Waals surface area contributed by atoms with Gasteiger partial charge in [-0.2, -0.15) is 0 Å². The predicted octanol–water partition coefficient (Wildman–Crippen LogP) is 5.74. The third-order valence-electron chi connectivity index (χ3n) is 3.87. The Bertz CT molecular complexity index is 912. The van der Waals surface area contributed by atoms with Crippen LogP contribution in [0.25, 0.3) is 0 Å². The van der Waals surface area contributed by atoms with E-state index in [1.54, 1.807) is 11.8 Å². The van der Waals surface area contributed by atoms with Crippen LogP contribution in [0, 0.1) is 13.8 Å². The van der Waals surface area contributed by atoms with E-state index in [0.717, 1.165) is 36.8 Å². The van der Waals surface area contributed by atoms with Gasteiger partial charge in [0.05, 0.1) is 0 Å². The van der Waals surface area contributed by atoms with E-state index in [1.165, 1.54) is 23.1 Å². The van der Waals surface area contributed by atoms with Gasteiger partial charge in [0.15, 0.2) is 8.68 Å². The zero-order valence-corrected chi connectivity index (χ0v) is 17.9. The smallest absolute Gasteiger partial charge is 0.242 e. The summed E-state index contributed by atoms with van der Waals surface area (Å²) in [5, 5.41) is 11.2. The van der Waals surface area contributed by atoms with Crippen molar-refractivity contribution in [3.05, 3.63) is 65.2 Å². The first-order chi connectivity index (χ1) is 13.1. The summed E-state index contributed by atoms with van der Waals surface area (Å²) in [5.74, 6) is 0.897. The van der Waals surface area contributed by atoms with E-state index in [9.17, 15) is 4.79 Å². The van der Waals surface area contributed by atoms with E-state index < -0.39 is 5.25 Å². The molecule has 0 aliphatic heterocycles. The van der Waals surface area contributed by atoms with Gasteiger partial charge >= 0.3 is 0 Å². The summed E-state index contributed by atoms with van der Waals surface area (Å²) in [4.78, 5) is 13.1. The number of rotatable bonds is 7. The fraction of sp³-hybridized carbons (Fsp3) is 0.250. The number of nitrogens with zero attached hydrogens (tertiary/aromatic N) is 2. The summed E-state index contributed by atoms with van der Waals surface area (Å²) in [7, 11) is 0. The van der Waals surface area contributed by atoms with Gasteiger partial charge in [-0.15, -0.1) is 10.2 Å². The Morgan fingerprint density at radius 3 is 2.59 bits per heavy atom. The fourth-order valence-electron chi connectivity index (χ4n) is 2.50. The highest BCUT2D eigenvalue weighted by Gasteiger charge is 2.24. The summed E-state index contributed by atoms with van der Waals surface area (Å²) >= 11 is 4.64. The third-order valence-corrected chi connectivity index (χ3v) is 7.14. The molecule has 1 amide bonds. The molecule has 0 spiro atoms. The molecule has 1 atom stereocenters. The molecule has 3 aromatic rings. The van der Waals surface area contributed by atoms with Gasteiger partial charge in [-0.25, -0.2) is 0 Å². The van der Waals surface area contributed by atoms with Gasteiger partial charge in [-0.3, -0.25) is 4.79 Å². The molecule has 27 heavy (non-hydrogen) atoms. The number of carbonyl (C=O) groups is 1. The number of anilines is 1. The second-order valence-electron chi connectivity index (χ2n) is 5.98. The second-order valence-corrected chi connectivity index (χ2v) is 9.82. The molecule has 0 aliphatic carbocycles. The minimum atomic E-state index is -0.390. The molecule has 0 unspecified atom stereocenters. The second kappa shape index (κ2) is 9.39. The Hall–Kier alpha value is -1.83. The zero-order chi connectivity index (χ0) is 19.2. The molecule has 0 bridgehead atoms. The highest BCUT2D eigenvalue weighted by Crippen LogP contribution is 2.39. The van der Waals surface area contributed by atoms with Crippen LogP contribution < -0.4 is 5.32 Å². The van der Waals surface area contributed by atoms with Crippen LogP contribution in [-0.2, 0) is 4.79 Å². The van der Waals surface area contributed by atoms with Crippen molar-refractivity contribution in [1.29, 1.82) is 0 Å². The van der Waals surface area contributed by atoms with Crippen molar-refractivity contribution >= 4 is 46.5 Å². The van der Waals surface area contributed by atoms with Gasteiger partial charge in [0.25, 0.3) is 0 Å². The van der Waals surface area contributed by atoms with Gasteiger partial charge in [-0.1, -0.05) is 84.2 Å². The predicted molar refractivity (Wildman–Crippen MR) is 116 cm³/mol. The maximum absolute atomic E-state index is 13.1. The number of hydrogen-bond donors (Lipinski definition) is 1. The minimum Gasteiger partial charge on any atom is -0.325 e. The van der Waals surface area contributed by atoms with Crippen molar-refractivity contribution in [3.63, 3.8) is 0 Å². The van der Waals surface area contributed by atoms with Gasteiger partial charge in [0, 0.05) is 5.69 Å². The molecule has 1 heterocycles. The Labute approximate surface area is 172 Å². The van der Waals surface area contributed by atoms with Crippen molar-refractivity contribution < 1.29 is 4.79 Å². The molecule has 0 aliphatic rings. The summed E-state index contributed by atoms with van der Waals surface area (Å²) in [6.45, 7) is 6.11. The lowest BCUT2D eigenvalue weighted by molar-refractivity contribution is -0.115. The van der Waals surface area contributed by atoms with Crippen molar-refractivity contribution in [1.82, 2.24) is 10.2 Å². The van der Waals surface area contributed by atoms with Gasteiger partial charge in [0.1, 0.15) is 5.25 Å². The van der Waals surface area contributed by atoms with Crippen LogP contribution in [0.3, 0.4) is 0 Å². The largest absolute Gasteiger partial charge is 0.325 e. The van der Waals surface area contributed by atoms with E-state index in [2.05, 4.69) is 22.4 Å². The highest BCUT2D eigenvalue weighted by molar-refractivity contribution is 8.03. The summed E-state index contributed by atoms with van der Waals surface area (Å²) < 4.78 is 1.73. The molecule has 0 saturated heterocycles. The van der Waals surface area contributed by atoms with E-state index in [4.69, 9.17) is 0 Å². The molecule has 0 radical (unpaired) electrons. The minimum absolute atomic E-state index is 0.0557. The molecule has 140 valence electrons. The van der Waals surface area contributed by atoms with Crippen LogP contribution in [-0.4, -0.2) is 21.9 Å². The Kier molecular flexibility index (Phi) is 6.93. The molecule has 1 N–H and O–H groups in total. The van der Waals surface area contributed by atoms with Crippen molar-refractivity contribution in [3.8, 4) is 0 Å². The topological polar surface area (TPSA) is 54.9 Å². The number of benzene rings is 2. The number of nitrogens with one attached hydrogen (secondary N) is 1. The first-order valence-electron chi connectivity index (χ1n) is 8.63. The average molecular weight is 416 g/mol. The van der Waals surface area contributed by atoms with Crippen molar-refractivity contribution in [2.75, 3.05) is 11.1 Å². The number of aromatic nitrogens is 2. The van der Waals surface area contributed by atoms with Crippen molar-refractivity contribution in [2.45, 2.75) is 34.7 Å². The van der Waals surface area contributed by atoms with E-state index in [0.29, 0.717) is 0 Å². The molecule has 2 aromatic carbocycles. The number of aryl methyl sites for hydroxylation is 2. The highest BCUT2D eigenvalue weighted by atomic mass is 32.2. The van der Waals surface area contributed by atoms with E-state index >= 15 is 0 Å². The Balaban J connectivity index is 1.85. The van der Waals surface area contributed by atoms with Gasteiger partial charge in [-0.05, 0) is 42.4 Å². The molecular formula is C20H21N3OS3. The van der Waals surface area contributed by atoms with E-state index in [-0.39, 0.29) is 5.91 Å².